The molecule has 7 heteroatoms. The second-order valence-corrected chi connectivity index (χ2v) is 9.62. The van der Waals surface area contributed by atoms with E-state index in [9.17, 15) is 8.42 Å². The summed E-state index contributed by atoms with van der Waals surface area (Å²) in [5.41, 5.74) is 2.76. The van der Waals surface area contributed by atoms with Gasteiger partial charge in [-0.2, -0.15) is 0 Å². The van der Waals surface area contributed by atoms with Gasteiger partial charge in [-0.15, -0.1) is 30.6 Å². The topological polar surface area (TPSA) is 61.8 Å². The maximum Gasteiger partial charge on any atom is 0.194 e. The lowest BCUT2D eigenvalue weighted by atomic mass is 9.94. The van der Waals surface area contributed by atoms with Gasteiger partial charge in [-0.25, -0.2) is 8.42 Å². The van der Waals surface area contributed by atoms with E-state index in [1.807, 2.05) is 6.08 Å². The van der Waals surface area contributed by atoms with Crippen molar-refractivity contribution in [2.45, 2.75) is 25.7 Å². The highest BCUT2D eigenvalue weighted by atomic mass is 127. The molecule has 27 heavy (non-hydrogen) atoms. The Kier molecular flexibility index (Phi) is 8.15. The second kappa shape index (κ2) is 9.91. The summed E-state index contributed by atoms with van der Waals surface area (Å²) in [4.78, 5) is 7.06. The SMILES string of the molecule is C=CCNC(=NCC1CCS(=O)(=O)C1)N1CCC(c2ccccc2C)C1.I. The standard InChI is InChI=1S/C20H29N3O2S.HI/c1-3-10-21-20(22-13-17-9-12-26(24,25)15-17)23-11-8-18(14-23)19-7-5-4-6-16(19)2;/h3-7,17-18H,1,8-15H2,2H3,(H,21,22);1H. The Labute approximate surface area is 180 Å². The van der Waals surface area contributed by atoms with Crippen molar-refractivity contribution < 1.29 is 8.42 Å². The van der Waals surface area contributed by atoms with Crippen molar-refractivity contribution in [1.29, 1.82) is 0 Å². The fourth-order valence-electron chi connectivity index (χ4n) is 3.91. The van der Waals surface area contributed by atoms with Crippen LogP contribution in [0.5, 0.6) is 0 Å². The van der Waals surface area contributed by atoms with Gasteiger partial charge in [-0.05, 0) is 36.8 Å². The predicted octanol–water partition coefficient (Wildman–Crippen LogP) is 2.97. The molecular weight excluding hydrogens is 473 g/mol. The summed E-state index contributed by atoms with van der Waals surface area (Å²) in [6.45, 7) is 9.08. The number of likely N-dealkylation sites (tertiary alicyclic amines) is 1. The molecule has 1 aromatic rings. The van der Waals surface area contributed by atoms with E-state index >= 15 is 0 Å². The average Bonchev–Trinajstić information content (AvgIpc) is 3.22. The van der Waals surface area contributed by atoms with Crippen molar-refractivity contribution in [2.24, 2.45) is 10.9 Å². The largest absolute Gasteiger partial charge is 0.353 e. The lowest BCUT2D eigenvalue weighted by Crippen LogP contribution is -2.40. The molecule has 3 rings (SSSR count). The number of nitrogens with zero attached hydrogens (tertiary/aromatic N) is 2. The molecule has 2 saturated heterocycles. The quantitative estimate of drug-likeness (QED) is 0.291. The van der Waals surface area contributed by atoms with Gasteiger partial charge in [0.2, 0.25) is 0 Å². The third-order valence-electron chi connectivity index (χ3n) is 5.35. The van der Waals surface area contributed by atoms with Crippen molar-refractivity contribution in [1.82, 2.24) is 10.2 Å². The van der Waals surface area contributed by atoms with Crippen LogP contribution in [0.15, 0.2) is 41.9 Å². The first-order chi connectivity index (χ1) is 12.5. The van der Waals surface area contributed by atoms with Crippen molar-refractivity contribution >= 4 is 39.8 Å². The molecule has 2 atom stereocenters. The molecule has 2 heterocycles. The van der Waals surface area contributed by atoms with E-state index in [4.69, 9.17) is 4.99 Å². The molecular formula is C20H30IN3O2S. The summed E-state index contributed by atoms with van der Waals surface area (Å²) in [6.07, 6.45) is 3.66. The fourth-order valence-corrected chi connectivity index (χ4v) is 5.76. The van der Waals surface area contributed by atoms with Gasteiger partial charge in [0.25, 0.3) is 0 Å². The van der Waals surface area contributed by atoms with Crippen molar-refractivity contribution in [3.63, 3.8) is 0 Å². The number of sulfone groups is 1. The van der Waals surface area contributed by atoms with E-state index in [-0.39, 0.29) is 35.6 Å². The molecule has 0 saturated carbocycles. The molecule has 1 aromatic carbocycles. The van der Waals surface area contributed by atoms with Gasteiger partial charge in [-0.1, -0.05) is 30.3 Å². The molecule has 2 aliphatic rings. The van der Waals surface area contributed by atoms with Gasteiger partial charge in [0.05, 0.1) is 11.5 Å². The number of guanidine groups is 1. The van der Waals surface area contributed by atoms with Gasteiger partial charge < -0.3 is 10.2 Å². The van der Waals surface area contributed by atoms with Crippen LogP contribution in [0.25, 0.3) is 0 Å². The Hall–Kier alpha value is -1.09. The van der Waals surface area contributed by atoms with E-state index in [1.165, 1.54) is 11.1 Å². The van der Waals surface area contributed by atoms with Gasteiger partial charge in [-0.3, -0.25) is 4.99 Å². The summed E-state index contributed by atoms with van der Waals surface area (Å²) in [6, 6.07) is 8.58. The van der Waals surface area contributed by atoms with E-state index in [0.717, 1.165) is 31.9 Å². The number of benzene rings is 1. The number of halogens is 1. The molecule has 150 valence electrons. The number of nitrogens with one attached hydrogen (secondary N) is 1. The van der Waals surface area contributed by atoms with Gasteiger partial charge in [0.1, 0.15) is 0 Å². The summed E-state index contributed by atoms with van der Waals surface area (Å²) in [7, 11) is -2.85. The van der Waals surface area contributed by atoms with Gasteiger partial charge in [0.15, 0.2) is 15.8 Å². The number of aliphatic imine (C=N–C) groups is 1. The highest BCUT2D eigenvalue weighted by Crippen LogP contribution is 2.29. The third kappa shape index (κ3) is 5.94. The van der Waals surface area contributed by atoms with E-state index in [1.54, 1.807) is 0 Å². The molecule has 0 radical (unpaired) electrons. The Morgan fingerprint density at radius 3 is 2.81 bits per heavy atom. The summed E-state index contributed by atoms with van der Waals surface area (Å²) in [5, 5.41) is 3.35. The number of rotatable bonds is 5. The third-order valence-corrected chi connectivity index (χ3v) is 7.18. The van der Waals surface area contributed by atoms with E-state index in [0.29, 0.717) is 24.8 Å². The van der Waals surface area contributed by atoms with Crippen LogP contribution in [-0.4, -0.2) is 57.0 Å². The molecule has 0 aromatic heterocycles. The smallest absolute Gasteiger partial charge is 0.194 e. The van der Waals surface area contributed by atoms with Crippen molar-refractivity contribution in [2.75, 3.05) is 37.7 Å². The number of hydrogen-bond donors (Lipinski definition) is 1. The van der Waals surface area contributed by atoms with Crippen LogP contribution in [-0.2, 0) is 9.84 Å². The van der Waals surface area contributed by atoms with Crippen molar-refractivity contribution in [3.8, 4) is 0 Å². The Morgan fingerprint density at radius 2 is 2.15 bits per heavy atom. The van der Waals surface area contributed by atoms with Crippen molar-refractivity contribution in [3.05, 3.63) is 48.0 Å². The zero-order chi connectivity index (χ0) is 18.6. The molecule has 2 fully saturated rings. The van der Waals surface area contributed by atoms with E-state index in [2.05, 4.69) is 48.0 Å². The zero-order valence-electron chi connectivity index (χ0n) is 15.9. The normalized spacial score (nSPS) is 24.5. The van der Waals surface area contributed by atoms with Crippen LogP contribution in [0, 0.1) is 12.8 Å². The molecule has 0 amide bonds. The molecule has 1 N–H and O–H groups in total. The average molecular weight is 503 g/mol. The monoisotopic (exact) mass is 503 g/mol. The summed E-state index contributed by atoms with van der Waals surface area (Å²) in [5.74, 6) is 2.12. The fraction of sp³-hybridized carbons (Fsp3) is 0.550. The number of hydrogen-bond acceptors (Lipinski definition) is 3. The van der Waals surface area contributed by atoms with Gasteiger partial charge >= 0.3 is 0 Å². The lowest BCUT2D eigenvalue weighted by molar-refractivity contribution is 0.482. The Morgan fingerprint density at radius 1 is 1.37 bits per heavy atom. The number of aryl methyl sites for hydroxylation is 1. The maximum atomic E-state index is 11.7. The second-order valence-electron chi connectivity index (χ2n) is 7.39. The van der Waals surface area contributed by atoms with Crippen LogP contribution >= 0.6 is 24.0 Å². The van der Waals surface area contributed by atoms with Crippen LogP contribution < -0.4 is 5.32 Å². The maximum absolute atomic E-state index is 11.7. The highest BCUT2D eigenvalue weighted by molar-refractivity contribution is 14.0. The highest BCUT2D eigenvalue weighted by Gasteiger charge is 2.29. The molecule has 2 aliphatic heterocycles. The zero-order valence-corrected chi connectivity index (χ0v) is 19.1. The first-order valence-corrected chi connectivity index (χ1v) is 11.2. The summed E-state index contributed by atoms with van der Waals surface area (Å²) >= 11 is 0. The molecule has 0 bridgehead atoms. The molecule has 0 spiro atoms. The van der Waals surface area contributed by atoms with Gasteiger partial charge in [0, 0.05) is 32.1 Å². The minimum absolute atomic E-state index is 0. The summed E-state index contributed by atoms with van der Waals surface area (Å²) < 4.78 is 23.3. The minimum Gasteiger partial charge on any atom is -0.353 e. The lowest BCUT2D eigenvalue weighted by Gasteiger charge is -2.22. The Balaban J connectivity index is 0.00000261. The van der Waals surface area contributed by atoms with E-state index < -0.39 is 9.84 Å². The van der Waals surface area contributed by atoms with Crippen LogP contribution in [0.1, 0.15) is 29.9 Å². The molecule has 0 aliphatic carbocycles. The first kappa shape index (κ1) is 22.2. The minimum atomic E-state index is -2.85. The van der Waals surface area contributed by atoms with Crippen LogP contribution in [0.2, 0.25) is 0 Å². The predicted molar refractivity (Wildman–Crippen MR) is 123 cm³/mol. The van der Waals surface area contributed by atoms with Crippen LogP contribution in [0.4, 0.5) is 0 Å². The van der Waals surface area contributed by atoms with Crippen LogP contribution in [0.3, 0.4) is 0 Å². The molecule has 2 unspecified atom stereocenters. The first-order valence-electron chi connectivity index (χ1n) is 9.38. The molecule has 5 nitrogen and oxygen atoms in total. The Bertz CT molecular complexity index is 779.